The standard InChI is InChI=1S/C17H17Cl2N5O/c1-9-14(17(2,3)4)15(24-21-9)16(25)13(8-20)23-22-10-5-6-11(18)12(19)7-10/h5-7,14,22H,1-4H3/b23-13+. The second kappa shape index (κ2) is 7.34. The summed E-state index contributed by atoms with van der Waals surface area (Å²) in [5.74, 6) is -0.806. The first-order valence-corrected chi connectivity index (χ1v) is 8.26. The Kier molecular flexibility index (Phi) is 5.61. The van der Waals surface area contributed by atoms with Crippen molar-refractivity contribution in [1.29, 1.82) is 5.26 Å². The number of ketones is 1. The lowest BCUT2D eigenvalue weighted by atomic mass is 9.74. The van der Waals surface area contributed by atoms with Gasteiger partial charge in [-0.05, 0) is 30.5 Å². The minimum atomic E-state index is -0.546. The van der Waals surface area contributed by atoms with Gasteiger partial charge in [-0.25, -0.2) is 0 Å². The number of Topliss-reactive ketones (excluding diaryl/α,β-unsaturated/α-hetero) is 1. The first-order valence-electron chi connectivity index (χ1n) is 7.50. The lowest BCUT2D eigenvalue weighted by Crippen LogP contribution is -2.38. The molecule has 1 unspecified atom stereocenters. The number of nitrogens with zero attached hydrogens (tertiary/aromatic N) is 4. The summed E-state index contributed by atoms with van der Waals surface area (Å²) in [7, 11) is 0. The van der Waals surface area contributed by atoms with Crippen molar-refractivity contribution >= 4 is 51.8 Å². The zero-order chi connectivity index (χ0) is 18.8. The number of carbonyl (C=O) groups excluding carboxylic acids is 1. The van der Waals surface area contributed by atoms with E-state index in [1.54, 1.807) is 18.2 Å². The highest BCUT2D eigenvalue weighted by atomic mass is 35.5. The summed E-state index contributed by atoms with van der Waals surface area (Å²) in [5, 5.41) is 21.9. The van der Waals surface area contributed by atoms with Gasteiger partial charge in [-0.2, -0.15) is 20.6 Å². The molecule has 1 aliphatic rings. The predicted molar refractivity (Wildman–Crippen MR) is 102 cm³/mol. The fraction of sp³-hybridized carbons (Fsp3) is 0.353. The molecule has 1 aromatic rings. The molecule has 2 rings (SSSR count). The molecule has 8 heteroatoms. The Balaban J connectivity index is 2.24. The van der Waals surface area contributed by atoms with Crippen LogP contribution < -0.4 is 5.43 Å². The van der Waals surface area contributed by atoms with Crippen LogP contribution >= 0.6 is 23.2 Å². The summed E-state index contributed by atoms with van der Waals surface area (Å²) in [6, 6.07) is 6.58. The number of halogens is 2. The Hall–Kier alpha value is -2.23. The Labute approximate surface area is 156 Å². The van der Waals surface area contributed by atoms with E-state index in [-0.39, 0.29) is 22.8 Å². The van der Waals surface area contributed by atoms with E-state index < -0.39 is 5.78 Å². The van der Waals surface area contributed by atoms with E-state index in [4.69, 9.17) is 23.2 Å². The van der Waals surface area contributed by atoms with Gasteiger partial charge in [0.05, 0.1) is 21.7 Å². The summed E-state index contributed by atoms with van der Waals surface area (Å²) in [5.41, 5.74) is 3.55. The third kappa shape index (κ3) is 4.25. The molecule has 0 amide bonds. The van der Waals surface area contributed by atoms with Crippen molar-refractivity contribution in [3.05, 3.63) is 28.2 Å². The summed E-state index contributed by atoms with van der Waals surface area (Å²) >= 11 is 11.8. The van der Waals surface area contributed by atoms with Gasteiger partial charge < -0.3 is 0 Å². The quantitative estimate of drug-likeness (QED) is 0.624. The van der Waals surface area contributed by atoms with E-state index in [0.29, 0.717) is 15.7 Å². The number of anilines is 1. The van der Waals surface area contributed by atoms with Gasteiger partial charge in [0.2, 0.25) is 11.5 Å². The molecule has 0 aliphatic carbocycles. The van der Waals surface area contributed by atoms with Crippen molar-refractivity contribution in [2.75, 3.05) is 5.43 Å². The van der Waals surface area contributed by atoms with Gasteiger partial charge in [0.1, 0.15) is 11.8 Å². The smallest absolute Gasteiger partial charge is 0.240 e. The van der Waals surface area contributed by atoms with Crippen molar-refractivity contribution in [2.45, 2.75) is 27.7 Å². The second-order valence-corrected chi connectivity index (χ2v) is 7.48. The van der Waals surface area contributed by atoms with Crippen LogP contribution in [0.25, 0.3) is 0 Å². The summed E-state index contributed by atoms with van der Waals surface area (Å²) in [6.07, 6.45) is 0. The highest BCUT2D eigenvalue weighted by molar-refractivity contribution is 6.71. The Morgan fingerprint density at radius 1 is 1.28 bits per heavy atom. The zero-order valence-electron chi connectivity index (χ0n) is 14.3. The molecule has 25 heavy (non-hydrogen) atoms. The van der Waals surface area contributed by atoms with Crippen LogP contribution in [0.15, 0.2) is 33.5 Å². The molecule has 0 radical (unpaired) electrons. The first kappa shape index (κ1) is 19.1. The highest BCUT2D eigenvalue weighted by Gasteiger charge is 2.39. The van der Waals surface area contributed by atoms with Crippen LogP contribution in [0.1, 0.15) is 27.7 Å². The van der Waals surface area contributed by atoms with Crippen LogP contribution in [0.5, 0.6) is 0 Å². The molecular formula is C17H17Cl2N5O. The van der Waals surface area contributed by atoms with E-state index in [1.165, 1.54) is 0 Å². The molecule has 1 heterocycles. The van der Waals surface area contributed by atoms with E-state index in [0.717, 1.165) is 5.71 Å². The minimum absolute atomic E-state index is 0.223. The SMILES string of the molecule is CC1=NN=C(C(=O)/C(C#N)=N/Nc2ccc(Cl)c(Cl)c2)C1C(C)(C)C. The van der Waals surface area contributed by atoms with Crippen LogP contribution in [0.4, 0.5) is 5.69 Å². The summed E-state index contributed by atoms with van der Waals surface area (Å²) < 4.78 is 0. The monoisotopic (exact) mass is 377 g/mol. The molecule has 1 aromatic carbocycles. The van der Waals surface area contributed by atoms with Crippen LogP contribution in [0, 0.1) is 22.7 Å². The molecule has 0 saturated heterocycles. The van der Waals surface area contributed by atoms with E-state index >= 15 is 0 Å². The summed E-state index contributed by atoms with van der Waals surface area (Å²) in [4.78, 5) is 12.7. The number of hydrogen-bond acceptors (Lipinski definition) is 6. The van der Waals surface area contributed by atoms with Gasteiger partial charge in [-0.3, -0.25) is 10.2 Å². The van der Waals surface area contributed by atoms with Gasteiger partial charge in [0.25, 0.3) is 0 Å². The Morgan fingerprint density at radius 3 is 2.52 bits per heavy atom. The highest BCUT2D eigenvalue weighted by Crippen LogP contribution is 2.32. The van der Waals surface area contributed by atoms with Crippen molar-refractivity contribution in [1.82, 2.24) is 0 Å². The van der Waals surface area contributed by atoms with Crippen LogP contribution in [0.2, 0.25) is 10.0 Å². The maximum absolute atomic E-state index is 12.7. The molecule has 1 N–H and O–H groups in total. The van der Waals surface area contributed by atoms with Gasteiger partial charge >= 0.3 is 0 Å². The van der Waals surface area contributed by atoms with E-state index in [2.05, 4.69) is 20.7 Å². The number of hydrazone groups is 1. The fourth-order valence-corrected chi connectivity index (χ4v) is 2.89. The molecule has 0 bridgehead atoms. The topological polar surface area (TPSA) is 90.0 Å². The van der Waals surface area contributed by atoms with E-state index in [1.807, 2.05) is 33.8 Å². The van der Waals surface area contributed by atoms with Crippen LogP contribution in [-0.2, 0) is 4.79 Å². The molecular weight excluding hydrogens is 361 g/mol. The Morgan fingerprint density at radius 2 is 1.96 bits per heavy atom. The maximum Gasteiger partial charge on any atom is 0.240 e. The normalized spacial score (nSPS) is 17.6. The van der Waals surface area contributed by atoms with Crippen molar-refractivity contribution in [3.8, 4) is 6.07 Å². The van der Waals surface area contributed by atoms with E-state index in [9.17, 15) is 10.1 Å². The van der Waals surface area contributed by atoms with Crippen LogP contribution in [0.3, 0.4) is 0 Å². The van der Waals surface area contributed by atoms with Crippen molar-refractivity contribution in [3.63, 3.8) is 0 Å². The number of hydrogen-bond donors (Lipinski definition) is 1. The predicted octanol–water partition coefficient (Wildman–Crippen LogP) is 4.35. The molecule has 0 aromatic heterocycles. The van der Waals surface area contributed by atoms with Crippen molar-refractivity contribution < 1.29 is 4.79 Å². The van der Waals surface area contributed by atoms with Crippen molar-refractivity contribution in [2.24, 2.45) is 26.6 Å². The van der Waals surface area contributed by atoms with Gasteiger partial charge in [0, 0.05) is 5.71 Å². The molecule has 1 aliphatic heterocycles. The fourth-order valence-electron chi connectivity index (χ4n) is 2.59. The molecule has 6 nitrogen and oxygen atoms in total. The lowest BCUT2D eigenvalue weighted by Gasteiger charge is -2.27. The molecule has 0 spiro atoms. The molecule has 130 valence electrons. The largest absolute Gasteiger partial charge is 0.284 e. The number of nitriles is 1. The number of rotatable bonds is 4. The van der Waals surface area contributed by atoms with Gasteiger partial charge in [-0.15, -0.1) is 0 Å². The number of benzene rings is 1. The molecule has 1 atom stereocenters. The number of nitrogens with one attached hydrogen (secondary N) is 1. The zero-order valence-corrected chi connectivity index (χ0v) is 15.8. The second-order valence-electron chi connectivity index (χ2n) is 6.67. The van der Waals surface area contributed by atoms with Crippen LogP contribution in [-0.4, -0.2) is 22.9 Å². The van der Waals surface area contributed by atoms with Gasteiger partial charge in [-0.1, -0.05) is 44.0 Å². The first-order chi connectivity index (χ1) is 11.6. The lowest BCUT2D eigenvalue weighted by molar-refractivity contribution is -0.107. The molecule has 0 saturated carbocycles. The minimum Gasteiger partial charge on any atom is -0.284 e. The third-order valence-corrected chi connectivity index (χ3v) is 4.38. The number of carbonyl (C=O) groups is 1. The third-order valence-electron chi connectivity index (χ3n) is 3.64. The average molecular weight is 378 g/mol. The molecule has 0 fully saturated rings. The average Bonchev–Trinajstić information content (AvgIpc) is 2.93. The maximum atomic E-state index is 12.7. The summed E-state index contributed by atoms with van der Waals surface area (Å²) in [6.45, 7) is 7.78. The Bertz CT molecular complexity index is 844. The van der Waals surface area contributed by atoms with Gasteiger partial charge in [0.15, 0.2) is 0 Å².